The molecule has 0 bridgehead atoms. The van der Waals surface area contributed by atoms with Crippen LogP contribution in [0.4, 0.5) is 5.69 Å². The number of benzene rings is 1. The molecule has 20 heavy (non-hydrogen) atoms. The summed E-state index contributed by atoms with van der Waals surface area (Å²) in [7, 11) is 0. The lowest BCUT2D eigenvalue weighted by atomic mass is 9.95. The van der Waals surface area contributed by atoms with Gasteiger partial charge < -0.3 is 15.2 Å². The van der Waals surface area contributed by atoms with E-state index in [0.717, 1.165) is 36.8 Å². The number of aromatic nitrogens is 1. The van der Waals surface area contributed by atoms with E-state index in [0.29, 0.717) is 6.04 Å². The van der Waals surface area contributed by atoms with Crippen molar-refractivity contribution >= 4 is 16.5 Å². The van der Waals surface area contributed by atoms with Gasteiger partial charge in [0.15, 0.2) is 0 Å². The number of piperidine rings is 1. The maximum absolute atomic E-state index is 12.0. The van der Waals surface area contributed by atoms with E-state index in [-0.39, 0.29) is 5.56 Å². The smallest absolute Gasteiger partial charge is 0.255 e. The van der Waals surface area contributed by atoms with Crippen molar-refractivity contribution in [2.45, 2.75) is 25.3 Å². The van der Waals surface area contributed by atoms with E-state index < -0.39 is 0 Å². The van der Waals surface area contributed by atoms with Crippen LogP contribution in [0.5, 0.6) is 0 Å². The lowest BCUT2D eigenvalue weighted by Gasteiger charge is -2.39. The van der Waals surface area contributed by atoms with E-state index >= 15 is 0 Å². The highest BCUT2D eigenvalue weighted by molar-refractivity contribution is 5.97. The van der Waals surface area contributed by atoms with Crippen LogP contribution in [0.3, 0.4) is 0 Å². The standard InChI is InChI=1S/C16H19N3O/c20-16-13-4-1-5-14-15(13)11(9-18-16)6-8-19(14)12-3-2-7-17-10-12/h1,4-5,9,12,17H,2-3,6-8,10H2,(H,18,20). The van der Waals surface area contributed by atoms with Crippen molar-refractivity contribution in [2.24, 2.45) is 0 Å². The van der Waals surface area contributed by atoms with E-state index in [1.54, 1.807) is 0 Å². The number of rotatable bonds is 1. The molecule has 1 aromatic carbocycles. The zero-order valence-corrected chi connectivity index (χ0v) is 11.5. The summed E-state index contributed by atoms with van der Waals surface area (Å²) >= 11 is 0. The van der Waals surface area contributed by atoms with Crippen LogP contribution in [0.1, 0.15) is 18.4 Å². The van der Waals surface area contributed by atoms with Crippen molar-refractivity contribution in [1.29, 1.82) is 0 Å². The fourth-order valence-corrected chi connectivity index (χ4v) is 3.65. The molecule has 4 nitrogen and oxygen atoms in total. The number of aromatic amines is 1. The summed E-state index contributed by atoms with van der Waals surface area (Å²) in [5.41, 5.74) is 2.54. The third kappa shape index (κ3) is 1.75. The van der Waals surface area contributed by atoms with Crippen LogP contribution in [0.2, 0.25) is 0 Å². The van der Waals surface area contributed by atoms with Gasteiger partial charge in [-0.3, -0.25) is 4.79 Å². The molecule has 1 saturated heterocycles. The Balaban J connectivity index is 1.88. The van der Waals surface area contributed by atoms with Gasteiger partial charge in [-0.05, 0) is 43.5 Å². The lowest BCUT2D eigenvalue weighted by Crippen LogP contribution is -2.48. The molecule has 104 valence electrons. The van der Waals surface area contributed by atoms with Gasteiger partial charge in [0.2, 0.25) is 0 Å². The first-order valence-corrected chi connectivity index (χ1v) is 7.45. The van der Waals surface area contributed by atoms with Crippen LogP contribution in [0, 0.1) is 0 Å². The van der Waals surface area contributed by atoms with Crippen molar-refractivity contribution in [1.82, 2.24) is 10.3 Å². The molecule has 4 rings (SSSR count). The monoisotopic (exact) mass is 269 g/mol. The molecule has 2 aromatic rings. The fraction of sp³-hybridized carbons (Fsp3) is 0.438. The summed E-state index contributed by atoms with van der Waals surface area (Å²) in [4.78, 5) is 17.4. The van der Waals surface area contributed by atoms with Crippen molar-refractivity contribution < 1.29 is 0 Å². The van der Waals surface area contributed by atoms with Crippen molar-refractivity contribution in [3.05, 3.63) is 40.3 Å². The number of nitrogens with one attached hydrogen (secondary N) is 2. The second kappa shape index (κ2) is 4.63. The van der Waals surface area contributed by atoms with Crippen LogP contribution < -0.4 is 15.8 Å². The highest BCUT2D eigenvalue weighted by Crippen LogP contribution is 2.34. The Morgan fingerprint density at radius 1 is 1.30 bits per heavy atom. The minimum atomic E-state index is 0.0224. The van der Waals surface area contributed by atoms with Gasteiger partial charge in [-0.25, -0.2) is 0 Å². The molecule has 1 atom stereocenters. The average molecular weight is 269 g/mol. The number of anilines is 1. The first kappa shape index (κ1) is 12.0. The topological polar surface area (TPSA) is 48.1 Å². The SMILES string of the molecule is O=c1[nH]cc2c3c(cccc13)N(C1CCCNC1)CC2. The molecule has 0 saturated carbocycles. The second-order valence-electron chi connectivity index (χ2n) is 5.79. The largest absolute Gasteiger partial charge is 0.366 e. The van der Waals surface area contributed by atoms with Gasteiger partial charge in [-0.15, -0.1) is 0 Å². The second-order valence-corrected chi connectivity index (χ2v) is 5.79. The first-order chi connectivity index (χ1) is 9.84. The minimum Gasteiger partial charge on any atom is -0.366 e. The Labute approximate surface area is 117 Å². The Hall–Kier alpha value is -1.81. The van der Waals surface area contributed by atoms with Crippen LogP contribution in [0.15, 0.2) is 29.2 Å². The predicted octanol–water partition coefficient (Wildman–Crippen LogP) is 1.64. The van der Waals surface area contributed by atoms with Crippen LogP contribution >= 0.6 is 0 Å². The van der Waals surface area contributed by atoms with Crippen LogP contribution in [-0.4, -0.2) is 30.7 Å². The fourth-order valence-electron chi connectivity index (χ4n) is 3.65. The maximum atomic E-state index is 12.0. The Kier molecular flexibility index (Phi) is 2.77. The summed E-state index contributed by atoms with van der Waals surface area (Å²) < 4.78 is 0. The first-order valence-electron chi connectivity index (χ1n) is 7.45. The molecule has 0 aliphatic carbocycles. The summed E-state index contributed by atoms with van der Waals surface area (Å²) in [5, 5.41) is 5.48. The molecule has 2 aliphatic rings. The number of pyridine rings is 1. The normalized spacial score (nSPS) is 22.2. The molecule has 4 heteroatoms. The summed E-state index contributed by atoms with van der Waals surface area (Å²) in [6, 6.07) is 6.66. The van der Waals surface area contributed by atoms with Gasteiger partial charge in [0, 0.05) is 41.8 Å². The molecule has 0 spiro atoms. The maximum Gasteiger partial charge on any atom is 0.255 e. The minimum absolute atomic E-state index is 0.0224. The van der Waals surface area contributed by atoms with Gasteiger partial charge in [0.05, 0.1) is 0 Å². The van der Waals surface area contributed by atoms with Crippen LogP contribution in [-0.2, 0) is 6.42 Å². The molecular formula is C16H19N3O. The predicted molar refractivity (Wildman–Crippen MR) is 81.5 cm³/mol. The Morgan fingerprint density at radius 2 is 2.25 bits per heavy atom. The third-order valence-corrected chi connectivity index (χ3v) is 4.63. The Morgan fingerprint density at radius 3 is 3.10 bits per heavy atom. The van der Waals surface area contributed by atoms with Crippen molar-refractivity contribution in [3.63, 3.8) is 0 Å². The van der Waals surface area contributed by atoms with Gasteiger partial charge in [-0.2, -0.15) is 0 Å². The lowest BCUT2D eigenvalue weighted by molar-refractivity contribution is 0.431. The quantitative estimate of drug-likeness (QED) is 0.827. The molecule has 0 radical (unpaired) electrons. The number of H-pyrrole nitrogens is 1. The van der Waals surface area contributed by atoms with Crippen molar-refractivity contribution in [3.8, 4) is 0 Å². The van der Waals surface area contributed by atoms with Gasteiger partial charge in [-0.1, -0.05) is 6.07 Å². The van der Waals surface area contributed by atoms with Gasteiger partial charge in [0.25, 0.3) is 5.56 Å². The Bertz CT molecular complexity index is 700. The summed E-state index contributed by atoms with van der Waals surface area (Å²) in [6.45, 7) is 3.23. The highest BCUT2D eigenvalue weighted by atomic mass is 16.1. The number of hydrogen-bond donors (Lipinski definition) is 2. The zero-order valence-electron chi connectivity index (χ0n) is 11.5. The molecule has 1 fully saturated rings. The molecular weight excluding hydrogens is 250 g/mol. The van der Waals surface area contributed by atoms with E-state index in [2.05, 4.69) is 21.3 Å². The van der Waals surface area contributed by atoms with E-state index in [1.165, 1.54) is 24.1 Å². The summed E-state index contributed by atoms with van der Waals surface area (Å²) in [5.74, 6) is 0. The van der Waals surface area contributed by atoms with E-state index in [9.17, 15) is 4.79 Å². The molecule has 2 aliphatic heterocycles. The third-order valence-electron chi connectivity index (χ3n) is 4.63. The molecule has 1 unspecified atom stereocenters. The highest BCUT2D eigenvalue weighted by Gasteiger charge is 2.26. The molecule has 0 amide bonds. The van der Waals surface area contributed by atoms with Crippen LogP contribution in [0.25, 0.3) is 10.8 Å². The summed E-state index contributed by atoms with van der Waals surface area (Å²) in [6.07, 6.45) is 5.38. The van der Waals surface area contributed by atoms with Gasteiger partial charge in [0.1, 0.15) is 0 Å². The zero-order chi connectivity index (χ0) is 13.5. The van der Waals surface area contributed by atoms with E-state index in [1.807, 2.05) is 18.3 Å². The van der Waals surface area contributed by atoms with E-state index in [4.69, 9.17) is 0 Å². The van der Waals surface area contributed by atoms with Crippen molar-refractivity contribution in [2.75, 3.05) is 24.5 Å². The molecule has 1 aromatic heterocycles. The molecule has 2 N–H and O–H groups in total. The van der Waals surface area contributed by atoms with Gasteiger partial charge >= 0.3 is 0 Å². The molecule has 3 heterocycles. The number of hydrogen-bond acceptors (Lipinski definition) is 3. The number of nitrogens with zero attached hydrogens (tertiary/aromatic N) is 1. The average Bonchev–Trinajstić information content (AvgIpc) is 2.52.